The van der Waals surface area contributed by atoms with Gasteiger partial charge < -0.3 is 10.5 Å². The van der Waals surface area contributed by atoms with Crippen LogP contribution in [-0.2, 0) is 11.3 Å². The zero-order valence-corrected chi connectivity index (χ0v) is 12.1. The van der Waals surface area contributed by atoms with Gasteiger partial charge in [0.2, 0.25) is 0 Å². The van der Waals surface area contributed by atoms with Gasteiger partial charge in [-0.2, -0.15) is 0 Å². The van der Waals surface area contributed by atoms with Crippen molar-refractivity contribution >= 4 is 12.4 Å². The summed E-state index contributed by atoms with van der Waals surface area (Å²) in [5.41, 5.74) is 8.63. The second kappa shape index (κ2) is 6.71. The zero-order valence-electron chi connectivity index (χ0n) is 11.3. The number of halogens is 1. The molecule has 0 radical (unpaired) electrons. The number of morpholine rings is 1. The monoisotopic (exact) mass is 282 g/mol. The molecule has 1 aliphatic carbocycles. The normalized spacial score (nSPS) is 23.9. The van der Waals surface area contributed by atoms with Gasteiger partial charge in [-0.3, -0.25) is 4.90 Å². The van der Waals surface area contributed by atoms with E-state index in [2.05, 4.69) is 29.2 Å². The first kappa shape index (κ1) is 14.8. The van der Waals surface area contributed by atoms with E-state index in [1.807, 2.05) is 0 Å². The van der Waals surface area contributed by atoms with E-state index in [4.69, 9.17) is 10.5 Å². The molecule has 0 bridgehead atoms. The second-order valence-corrected chi connectivity index (χ2v) is 5.48. The Labute approximate surface area is 121 Å². The van der Waals surface area contributed by atoms with Crippen LogP contribution in [0.15, 0.2) is 24.3 Å². The Hall–Kier alpha value is -0.610. The molecular formula is C15H23ClN2O. The number of hydrogen-bond acceptors (Lipinski definition) is 3. The summed E-state index contributed by atoms with van der Waals surface area (Å²) >= 11 is 0. The molecule has 1 aromatic carbocycles. The van der Waals surface area contributed by atoms with Crippen molar-refractivity contribution in [3.05, 3.63) is 35.4 Å². The molecule has 0 amide bonds. The Kier molecular flexibility index (Phi) is 5.22. The number of benzene rings is 1. The number of ether oxygens (including phenoxy) is 1. The van der Waals surface area contributed by atoms with Crippen LogP contribution in [-0.4, -0.2) is 37.2 Å². The Morgan fingerprint density at radius 2 is 2.16 bits per heavy atom. The zero-order chi connectivity index (χ0) is 12.4. The molecule has 1 heterocycles. The molecule has 2 N–H and O–H groups in total. The predicted octanol–water partition coefficient (Wildman–Crippen LogP) is 2.15. The van der Waals surface area contributed by atoms with E-state index in [-0.39, 0.29) is 18.5 Å². The lowest BCUT2D eigenvalue weighted by molar-refractivity contribution is -0.0260. The smallest absolute Gasteiger partial charge is 0.0824 e. The molecule has 1 atom stereocenters. The summed E-state index contributed by atoms with van der Waals surface area (Å²) in [6.07, 6.45) is 2.96. The van der Waals surface area contributed by atoms with Crippen molar-refractivity contribution < 1.29 is 4.74 Å². The van der Waals surface area contributed by atoms with Crippen LogP contribution in [0.4, 0.5) is 0 Å². The van der Waals surface area contributed by atoms with Crippen molar-refractivity contribution in [3.8, 4) is 0 Å². The van der Waals surface area contributed by atoms with Gasteiger partial charge in [-0.25, -0.2) is 0 Å². The molecule has 19 heavy (non-hydrogen) atoms. The van der Waals surface area contributed by atoms with Crippen LogP contribution in [0.3, 0.4) is 0 Å². The summed E-state index contributed by atoms with van der Waals surface area (Å²) in [6, 6.07) is 9.08. The minimum Gasteiger partial charge on any atom is -0.374 e. The molecule has 1 unspecified atom stereocenters. The fraction of sp³-hybridized carbons (Fsp3) is 0.600. The topological polar surface area (TPSA) is 38.5 Å². The Balaban J connectivity index is 0.00000133. The molecule has 1 aliphatic heterocycles. The van der Waals surface area contributed by atoms with Crippen LogP contribution in [0.5, 0.6) is 0 Å². The fourth-order valence-electron chi connectivity index (χ4n) is 2.69. The van der Waals surface area contributed by atoms with Crippen molar-refractivity contribution in [2.24, 2.45) is 5.73 Å². The molecule has 2 fully saturated rings. The molecular weight excluding hydrogens is 260 g/mol. The average molecular weight is 283 g/mol. The molecule has 4 heteroatoms. The lowest BCUT2D eigenvalue weighted by Crippen LogP contribution is -2.45. The van der Waals surface area contributed by atoms with Gasteiger partial charge in [0.1, 0.15) is 0 Å². The van der Waals surface area contributed by atoms with E-state index in [9.17, 15) is 0 Å². The molecule has 2 aliphatic rings. The van der Waals surface area contributed by atoms with E-state index in [0.29, 0.717) is 6.54 Å². The Morgan fingerprint density at radius 3 is 2.89 bits per heavy atom. The molecule has 1 aromatic rings. The van der Waals surface area contributed by atoms with Crippen molar-refractivity contribution in [1.29, 1.82) is 0 Å². The van der Waals surface area contributed by atoms with E-state index >= 15 is 0 Å². The van der Waals surface area contributed by atoms with Gasteiger partial charge >= 0.3 is 0 Å². The highest BCUT2D eigenvalue weighted by Gasteiger charge is 2.24. The van der Waals surface area contributed by atoms with Gasteiger partial charge in [-0.05, 0) is 29.9 Å². The van der Waals surface area contributed by atoms with Crippen molar-refractivity contribution in [2.45, 2.75) is 31.4 Å². The van der Waals surface area contributed by atoms with Gasteiger partial charge in [0.05, 0.1) is 12.7 Å². The Morgan fingerprint density at radius 1 is 1.32 bits per heavy atom. The number of rotatable bonds is 4. The van der Waals surface area contributed by atoms with Crippen molar-refractivity contribution in [1.82, 2.24) is 4.90 Å². The molecule has 0 aromatic heterocycles. The third kappa shape index (κ3) is 3.93. The standard InChI is InChI=1S/C15H22N2O.ClH/c16-9-15-11-17(6-7-18-15)10-12-2-1-3-14(8-12)13-4-5-13;/h1-3,8,13,15H,4-7,9-11,16H2;1H. The van der Waals surface area contributed by atoms with E-state index in [1.165, 1.54) is 24.0 Å². The number of nitrogens with two attached hydrogens (primary N) is 1. The van der Waals surface area contributed by atoms with E-state index in [1.54, 1.807) is 0 Å². The summed E-state index contributed by atoms with van der Waals surface area (Å²) in [4.78, 5) is 2.45. The van der Waals surface area contributed by atoms with E-state index in [0.717, 1.165) is 32.2 Å². The van der Waals surface area contributed by atoms with Crippen LogP contribution < -0.4 is 5.73 Å². The van der Waals surface area contributed by atoms with Gasteiger partial charge in [0, 0.05) is 26.2 Å². The van der Waals surface area contributed by atoms with Gasteiger partial charge in [-0.15, -0.1) is 12.4 Å². The molecule has 1 saturated heterocycles. The maximum absolute atomic E-state index is 5.68. The first-order valence-electron chi connectivity index (χ1n) is 6.98. The third-order valence-electron chi connectivity index (χ3n) is 3.89. The highest BCUT2D eigenvalue weighted by molar-refractivity contribution is 5.85. The Bertz CT molecular complexity index is 409. The third-order valence-corrected chi connectivity index (χ3v) is 3.89. The van der Waals surface area contributed by atoms with Crippen molar-refractivity contribution in [2.75, 3.05) is 26.2 Å². The summed E-state index contributed by atoms with van der Waals surface area (Å²) in [6.45, 7) is 4.44. The number of nitrogens with zero attached hydrogens (tertiary/aromatic N) is 1. The molecule has 0 spiro atoms. The molecule has 106 valence electrons. The highest BCUT2D eigenvalue weighted by Crippen LogP contribution is 2.40. The van der Waals surface area contributed by atoms with Gasteiger partial charge in [-0.1, -0.05) is 24.3 Å². The lowest BCUT2D eigenvalue weighted by atomic mass is 10.1. The van der Waals surface area contributed by atoms with Crippen LogP contribution in [0, 0.1) is 0 Å². The fourth-order valence-corrected chi connectivity index (χ4v) is 2.69. The minimum absolute atomic E-state index is 0. The second-order valence-electron chi connectivity index (χ2n) is 5.48. The maximum atomic E-state index is 5.68. The van der Waals surface area contributed by atoms with Crippen LogP contribution >= 0.6 is 12.4 Å². The SMILES string of the molecule is Cl.NCC1CN(Cc2cccc(C3CC3)c2)CCO1. The number of hydrogen-bond donors (Lipinski definition) is 1. The summed E-state index contributed by atoms with van der Waals surface area (Å²) < 4.78 is 5.60. The lowest BCUT2D eigenvalue weighted by Gasteiger charge is -2.32. The quantitative estimate of drug-likeness (QED) is 0.920. The first-order valence-corrected chi connectivity index (χ1v) is 6.98. The maximum Gasteiger partial charge on any atom is 0.0824 e. The summed E-state index contributed by atoms with van der Waals surface area (Å²) in [5, 5.41) is 0. The minimum atomic E-state index is 0. The highest BCUT2D eigenvalue weighted by atomic mass is 35.5. The first-order chi connectivity index (χ1) is 8.85. The molecule has 1 saturated carbocycles. The summed E-state index contributed by atoms with van der Waals surface area (Å²) in [7, 11) is 0. The van der Waals surface area contributed by atoms with Gasteiger partial charge in [0.25, 0.3) is 0 Å². The summed E-state index contributed by atoms with van der Waals surface area (Å²) in [5.74, 6) is 0.839. The predicted molar refractivity (Wildman–Crippen MR) is 79.7 cm³/mol. The van der Waals surface area contributed by atoms with Crippen LogP contribution in [0.2, 0.25) is 0 Å². The van der Waals surface area contributed by atoms with E-state index < -0.39 is 0 Å². The van der Waals surface area contributed by atoms with Crippen molar-refractivity contribution in [3.63, 3.8) is 0 Å². The largest absolute Gasteiger partial charge is 0.374 e. The van der Waals surface area contributed by atoms with Gasteiger partial charge in [0.15, 0.2) is 0 Å². The molecule has 3 nitrogen and oxygen atoms in total. The molecule has 3 rings (SSSR count). The van der Waals surface area contributed by atoms with Crippen LogP contribution in [0.25, 0.3) is 0 Å². The van der Waals surface area contributed by atoms with Crippen LogP contribution in [0.1, 0.15) is 29.9 Å². The average Bonchev–Trinajstić information content (AvgIpc) is 3.24.